The van der Waals surface area contributed by atoms with E-state index in [1.807, 2.05) is 13.0 Å². The number of thiazole rings is 1. The first kappa shape index (κ1) is 14.6. The molecule has 1 atom stereocenters. The maximum Gasteiger partial charge on any atom is 0.137 e. The van der Waals surface area contributed by atoms with Crippen molar-refractivity contribution in [2.75, 3.05) is 6.54 Å². The molecule has 5 heteroatoms. The number of aromatic nitrogens is 1. The van der Waals surface area contributed by atoms with E-state index in [1.54, 1.807) is 23.5 Å². The Kier molecular flexibility index (Phi) is 5.07. The van der Waals surface area contributed by atoms with Gasteiger partial charge in [0.05, 0.1) is 15.2 Å². The number of aryl methyl sites for hydroxylation is 1. The molecule has 0 aliphatic rings. The van der Waals surface area contributed by atoms with E-state index in [1.165, 1.54) is 0 Å². The van der Waals surface area contributed by atoms with Crippen molar-refractivity contribution in [1.29, 1.82) is 0 Å². The third-order valence-corrected chi connectivity index (χ3v) is 4.34. The predicted octanol–water partition coefficient (Wildman–Crippen LogP) is 4.25. The number of likely N-dealkylation sites (N-methyl/N-ethyl adjacent to an activating group) is 1. The van der Waals surface area contributed by atoms with Crippen LogP contribution >= 0.6 is 27.3 Å². The first-order valence-corrected chi connectivity index (χ1v) is 7.86. The molecule has 2 nitrogen and oxygen atoms in total. The number of halogens is 2. The van der Waals surface area contributed by atoms with Gasteiger partial charge >= 0.3 is 0 Å². The summed E-state index contributed by atoms with van der Waals surface area (Å²) in [5, 5.41) is 6.51. The minimum absolute atomic E-state index is 0.0918. The lowest BCUT2D eigenvalue weighted by Crippen LogP contribution is -2.23. The molecule has 0 radical (unpaired) electrons. The SMILES string of the molecule is CCNC(Cc1csc(C)n1)c1ccc(Br)c(F)c1. The third-order valence-electron chi connectivity index (χ3n) is 2.88. The molecule has 0 saturated heterocycles. The number of hydrogen-bond acceptors (Lipinski definition) is 3. The quantitative estimate of drug-likeness (QED) is 0.878. The molecule has 0 aliphatic heterocycles. The molecule has 0 aliphatic carbocycles. The Bertz CT molecular complexity index is 556. The fraction of sp³-hybridized carbons (Fsp3) is 0.357. The summed E-state index contributed by atoms with van der Waals surface area (Å²) >= 11 is 4.83. The lowest BCUT2D eigenvalue weighted by Gasteiger charge is -2.17. The Balaban J connectivity index is 2.21. The summed E-state index contributed by atoms with van der Waals surface area (Å²) in [5.41, 5.74) is 2.00. The number of hydrogen-bond donors (Lipinski definition) is 1. The molecule has 2 aromatic rings. The van der Waals surface area contributed by atoms with Gasteiger partial charge in [-0.2, -0.15) is 0 Å². The van der Waals surface area contributed by atoms with Gasteiger partial charge in [0.1, 0.15) is 5.82 Å². The van der Waals surface area contributed by atoms with E-state index < -0.39 is 0 Å². The second-order valence-corrected chi connectivity index (χ2v) is 6.26. The van der Waals surface area contributed by atoms with E-state index in [0.717, 1.165) is 29.2 Å². The van der Waals surface area contributed by atoms with E-state index in [2.05, 4.69) is 38.5 Å². The average Bonchev–Trinajstić information content (AvgIpc) is 2.78. The zero-order chi connectivity index (χ0) is 13.8. The Morgan fingerprint density at radius 1 is 1.47 bits per heavy atom. The summed E-state index contributed by atoms with van der Waals surface area (Å²) in [6.45, 7) is 4.88. The molecule has 1 unspecified atom stereocenters. The zero-order valence-corrected chi connectivity index (χ0v) is 13.3. The highest BCUT2D eigenvalue weighted by atomic mass is 79.9. The van der Waals surface area contributed by atoms with Crippen molar-refractivity contribution in [1.82, 2.24) is 10.3 Å². The van der Waals surface area contributed by atoms with Crippen LogP contribution in [0.5, 0.6) is 0 Å². The molecule has 0 fully saturated rings. The second kappa shape index (κ2) is 6.59. The molecule has 1 aromatic carbocycles. The van der Waals surface area contributed by atoms with Crippen LogP contribution in [0.2, 0.25) is 0 Å². The molecule has 2 rings (SSSR count). The van der Waals surface area contributed by atoms with Gasteiger partial charge in [0, 0.05) is 17.8 Å². The molecular weight excluding hydrogens is 327 g/mol. The summed E-state index contributed by atoms with van der Waals surface area (Å²) < 4.78 is 14.1. The summed E-state index contributed by atoms with van der Waals surface area (Å²) in [4.78, 5) is 4.47. The molecule has 0 amide bonds. The normalized spacial score (nSPS) is 12.6. The molecule has 0 saturated carbocycles. The lowest BCUT2D eigenvalue weighted by molar-refractivity contribution is 0.537. The van der Waals surface area contributed by atoms with Crippen LogP contribution in [0.1, 0.15) is 29.2 Å². The maximum atomic E-state index is 13.6. The van der Waals surface area contributed by atoms with Crippen molar-refractivity contribution >= 4 is 27.3 Å². The first-order chi connectivity index (χ1) is 9.10. The van der Waals surface area contributed by atoms with Gasteiger partial charge in [0.15, 0.2) is 0 Å². The van der Waals surface area contributed by atoms with E-state index in [4.69, 9.17) is 0 Å². The van der Waals surface area contributed by atoms with Gasteiger partial charge in [0.2, 0.25) is 0 Å². The van der Waals surface area contributed by atoms with Gasteiger partial charge in [-0.1, -0.05) is 13.0 Å². The molecule has 0 spiro atoms. The van der Waals surface area contributed by atoms with Gasteiger partial charge < -0.3 is 5.32 Å². The van der Waals surface area contributed by atoms with Crippen molar-refractivity contribution in [2.24, 2.45) is 0 Å². The van der Waals surface area contributed by atoms with Crippen molar-refractivity contribution in [2.45, 2.75) is 26.3 Å². The Labute approximate surface area is 125 Å². The van der Waals surface area contributed by atoms with Crippen molar-refractivity contribution in [3.05, 3.63) is 50.1 Å². The van der Waals surface area contributed by atoms with Crippen molar-refractivity contribution in [3.63, 3.8) is 0 Å². The molecule has 1 N–H and O–H groups in total. The lowest BCUT2D eigenvalue weighted by atomic mass is 10.0. The van der Waals surface area contributed by atoms with Crippen molar-refractivity contribution in [3.8, 4) is 0 Å². The largest absolute Gasteiger partial charge is 0.310 e. The predicted molar refractivity (Wildman–Crippen MR) is 81.1 cm³/mol. The van der Waals surface area contributed by atoms with E-state index >= 15 is 0 Å². The van der Waals surface area contributed by atoms with Crippen LogP contribution < -0.4 is 5.32 Å². The smallest absolute Gasteiger partial charge is 0.137 e. The van der Waals surface area contributed by atoms with Crippen LogP contribution in [-0.2, 0) is 6.42 Å². The average molecular weight is 343 g/mol. The Morgan fingerprint density at radius 3 is 2.84 bits per heavy atom. The van der Waals surface area contributed by atoms with Crippen LogP contribution in [0.3, 0.4) is 0 Å². The monoisotopic (exact) mass is 342 g/mol. The van der Waals surface area contributed by atoms with Crippen LogP contribution in [0, 0.1) is 12.7 Å². The van der Waals surface area contributed by atoms with E-state index in [-0.39, 0.29) is 11.9 Å². The van der Waals surface area contributed by atoms with E-state index in [0.29, 0.717) is 4.47 Å². The Hall–Kier alpha value is -0.780. The van der Waals surface area contributed by atoms with E-state index in [9.17, 15) is 4.39 Å². The fourth-order valence-corrected chi connectivity index (χ4v) is 2.87. The first-order valence-electron chi connectivity index (χ1n) is 6.19. The van der Waals surface area contributed by atoms with Gasteiger partial charge in [-0.25, -0.2) is 9.37 Å². The molecule has 102 valence electrons. The molecule has 1 aromatic heterocycles. The number of rotatable bonds is 5. The number of benzene rings is 1. The number of nitrogens with one attached hydrogen (secondary N) is 1. The minimum atomic E-state index is -0.227. The van der Waals surface area contributed by atoms with Gasteiger partial charge in [-0.3, -0.25) is 0 Å². The molecular formula is C14H16BrFN2S. The highest BCUT2D eigenvalue weighted by Gasteiger charge is 2.14. The summed E-state index contributed by atoms with van der Waals surface area (Å²) in [6.07, 6.45) is 0.777. The summed E-state index contributed by atoms with van der Waals surface area (Å²) in [6, 6.07) is 5.37. The van der Waals surface area contributed by atoms with Crippen LogP contribution in [0.15, 0.2) is 28.1 Å². The number of nitrogens with zero attached hydrogens (tertiary/aromatic N) is 1. The molecule has 1 heterocycles. The van der Waals surface area contributed by atoms with Gasteiger partial charge in [-0.05, 0) is 47.1 Å². The van der Waals surface area contributed by atoms with Gasteiger partial charge in [-0.15, -0.1) is 11.3 Å². The maximum absolute atomic E-state index is 13.6. The highest BCUT2D eigenvalue weighted by Crippen LogP contribution is 2.24. The molecule has 0 bridgehead atoms. The standard InChI is InChI=1S/C14H16BrFN2S/c1-3-17-14(7-11-8-19-9(2)18-11)10-4-5-12(15)13(16)6-10/h4-6,8,14,17H,3,7H2,1-2H3. The highest BCUT2D eigenvalue weighted by molar-refractivity contribution is 9.10. The van der Waals surface area contributed by atoms with Crippen LogP contribution in [0.25, 0.3) is 0 Å². The minimum Gasteiger partial charge on any atom is -0.310 e. The van der Waals surface area contributed by atoms with Crippen molar-refractivity contribution < 1.29 is 4.39 Å². The Morgan fingerprint density at radius 2 is 2.26 bits per heavy atom. The van der Waals surface area contributed by atoms with Crippen LogP contribution in [-0.4, -0.2) is 11.5 Å². The fourth-order valence-electron chi connectivity index (χ4n) is 1.99. The summed E-state index contributed by atoms with van der Waals surface area (Å²) in [5.74, 6) is -0.227. The van der Waals surface area contributed by atoms with Crippen LogP contribution in [0.4, 0.5) is 4.39 Å². The zero-order valence-electron chi connectivity index (χ0n) is 10.9. The topological polar surface area (TPSA) is 24.9 Å². The van der Waals surface area contributed by atoms with Gasteiger partial charge in [0.25, 0.3) is 0 Å². The second-order valence-electron chi connectivity index (χ2n) is 4.35. The summed E-state index contributed by atoms with van der Waals surface area (Å²) in [7, 11) is 0. The third kappa shape index (κ3) is 3.84. The molecule has 19 heavy (non-hydrogen) atoms.